The molecule has 1 heterocycles. The summed E-state index contributed by atoms with van der Waals surface area (Å²) in [5.74, 6) is -0.474. The van der Waals surface area contributed by atoms with Gasteiger partial charge >= 0.3 is 6.18 Å². The Morgan fingerprint density at radius 1 is 1.17 bits per heavy atom. The standard InChI is InChI=1S/C12H8ClF4N/c13-11(8-1-3-10(14)4-2-8)5-9(6-18-7-11)12(15,16)17/h1-6H,7H2. The molecule has 1 aliphatic rings. The van der Waals surface area contributed by atoms with E-state index in [1.807, 2.05) is 0 Å². The van der Waals surface area contributed by atoms with Gasteiger partial charge in [0.25, 0.3) is 0 Å². The number of hydrogen-bond acceptors (Lipinski definition) is 1. The van der Waals surface area contributed by atoms with Gasteiger partial charge in [0.2, 0.25) is 0 Å². The third-order valence-corrected chi connectivity index (χ3v) is 3.03. The smallest absolute Gasteiger partial charge is 0.290 e. The highest BCUT2D eigenvalue weighted by molar-refractivity contribution is 6.26. The van der Waals surface area contributed by atoms with Crippen molar-refractivity contribution in [2.45, 2.75) is 11.1 Å². The van der Waals surface area contributed by atoms with Crippen LogP contribution in [0.15, 0.2) is 40.9 Å². The Kier molecular flexibility index (Phi) is 3.19. The maximum Gasteiger partial charge on any atom is 0.417 e. The van der Waals surface area contributed by atoms with Gasteiger partial charge < -0.3 is 0 Å². The molecule has 6 heteroatoms. The Bertz CT molecular complexity index is 504. The average molecular weight is 278 g/mol. The van der Waals surface area contributed by atoms with Crippen LogP contribution < -0.4 is 0 Å². The number of aliphatic imine (C=N–C) groups is 1. The Hall–Kier alpha value is -1.36. The van der Waals surface area contributed by atoms with Crippen molar-refractivity contribution < 1.29 is 17.6 Å². The summed E-state index contributed by atoms with van der Waals surface area (Å²) in [5.41, 5.74) is -0.516. The second-order valence-electron chi connectivity index (χ2n) is 3.94. The molecule has 0 aliphatic carbocycles. The molecule has 1 atom stereocenters. The molecule has 1 unspecified atom stereocenters. The minimum Gasteiger partial charge on any atom is -0.290 e. The van der Waals surface area contributed by atoms with E-state index in [9.17, 15) is 17.6 Å². The number of dihydropyridines is 1. The summed E-state index contributed by atoms with van der Waals surface area (Å²) in [4.78, 5) is 2.26. The zero-order valence-corrected chi connectivity index (χ0v) is 9.76. The first kappa shape index (κ1) is 13.1. The number of rotatable bonds is 1. The second kappa shape index (κ2) is 4.39. The SMILES string of the molecule is Fc1ccc(C2(Cl)C=C(C(F)(F)F)C=NC2)cc1. The Morgan fingerprint density at radius 2 is 1.78 bits per heavy atom. The van der Waals surface area contributed by atoms with Crippen LogP contribution in [0.1, 0.15) is 5.56 Å². The van der Waals surface area contributed by atoms with Crippen LogP contribution in [0.25, 0.3) is 0 Å². The van der Waals surface area contributed by atoms with Crippen molar-refractivity contribution >= 4 is 17.8 Å². The molecule has 0 N–H and O–H groups in total. The van der Waals surface area contributed by atoms with Crippen LogP contribution in [-0.4, -0.2) is 18.9 Å². The molecule has 1 aliphatic heterocycles. The first-order valence-electron chi connectivity index (χ1n) is 5.06. The maximum absolute atomic E-state index is 12.8. The Labute approximate surface area is 106 Å². The zero-order valence-electron chi connectivity index (χ0n) is 9.01. The summed E-state index contributed by atoms with van der Waals surface area (Å²) in [6.45, 7) is -0.0141. The first-order chi connectivity index (χ1) is 8.31. The predicted octanol–water partition coefficient (Wildman–Crippen LogP) is 3.83. The van der Waals surface area contributed by atoms with Gasteiger partial charge in [-0.3, -0.25) is 4.99 Å². The summed E-state index contributed by atoms with van der Waals surface area (Å²) in [5, 5.41) is 0. The summed E-state index contributed by atoms with van der Waals surface area (Å²) in [6, 6.07) is 5.01. The van der Waals surface area contributed by atoms with Crippen LogP contribution >= 0.6 is 11.6 Å². The third kappa shape index (κ3) is 2.56. The van der Waals surface area contributed by atoms with E-state index in [0.29, 0.717) is 5.56 Å². The minimum absolute atomic E-state index is 0.0141. The van der Waals surface area contributed by atoms with Gasteiger partial charge in [0, 0.05) is 6.21 Å². The number of nitrogens with zero attached hydrogens (tertiary/aromatic N) is 1. The molecule has 0 saturated carbocycles. The lowest BCUT2D eigenvalue weighted by Gasteiger charge is -2.26. The van der Waals surface area contributed by atoms with Crippen LogP contribution in [0.2, 0.25) is 0 Å². The van der Waals surface area contributed by atoms with Crippen LogP contribution in [0.4, 0.5) is 17.6 Å². The van der Waals surface area contributed by atoms with Gasteiger partial charge in [0.05, 0.1) is 12.1 Å². The molecule has 1 aromatic rings. The molecule has 1 nitrogen and oxygen atoms in total. The summed E-state index contributed by atoms with van der Waals surface area (Å²) >= 11 is 6.14. The van der Waals surface area contributed by atoms with E-state index in [-0.39, 0.29) is 6.54 Å². The fourth-order valence-corrected chi connectivity index (χ4v) is 1.98. The van der Waals surface area contributed by atoms with Crippen molar-refractivity contribution in [3.63, 3.8) is 0 Å². The molecule has 0 fully saturated rings. The van der Waals surface area contributed by atoms with E-state index < -0.39 is 22.4 Å². The lowest BCUT2D eigenvalue weighted by molar-refractivity contribution is -0.0862. The molecule has 0 bridgehead atoms. The highest BCUT2D eigenvalue weighted by Gasteiger charge is 2.39. The number of benzene rings is 1. The van der Waals surface area contributed by atoms with Crippen molar-refractivity contribution in [1.29, 1.82) is 0 Å². The van der Waals surface area contributed by atoms with Gasteiger partial charge in [0.15, 0.2) is 0 Å². The third-order valence-electron chi connectivity index (χ3n) is 2.59. The first-order valence-corrected chi connectivity index (χ1v) is 5.44. The zero-order chi connectivity index (χ0) is 13.4. The van der Waals surface area contributed by atoms with Crippen molar-refractivity contribution in [2.75, 3.05) is 6.54 Å². The van der Waals surface area contributed by atoms with Gasteiger partial charge in [-0.1, -0.05) is 12.1 Å². The molecule has 2 rings (SSSR count). The fraction of sp³-hybridized carbons (Fsp3) is 0.250. The fourth-order valence-electron chi connectivity index (χ4n) is 1.66. The average Bonchev–Trinajstić information content (AvgIpc) is 2.28. The maximum atomic E-state index is 12.8. The van der Waals surface area contributed by atoms with Gasteiger partial charge in [-0.2, -0.15) is 13.2 Å². The van der Waals surface area contributed by atoms with Gasteiger partial charge in [-0.05, 0) is 23.8 Å². The molecule has 0 spiro atoms. The van der Waals surface area contributed by atoms with E-state index in [1.54, 1.807) is 0 Å². The monoisotopic (exact) mass is 277 g/mol. The molecule has 0 amide bonds. The van der Waals surface area contributed by atoms with Gasteiger partial charge in [-0.15, -0.1) is 11.6 Å². The highest BCUT2D eigenvalue weighted by atomic mass is 35.5. The molecule has 0 aromatic heterocycles. The van der Waals surface area contributed by atoms with Gasteiger partial charge in [-0.25, -0.2) is 4.39 Å². The normalized spacial score (nSPS) is 23.9. The second-order valence-corrected chi connectivity index (χ2v) is 4.61. The molecule has 96 valence electrons. The Morgan fingerprint density at radius 3 is 2.33 bits per heavy atom. The van der Waals surface area contributed by atoms with Crippen molar-refractivity contribution in [1.82, 2.24) is 0 Å². The topological polar surface area (TPSA) is 12.4 Å². The van der Waals surface area contributed by atoms with E-state index in [1.165, 1.54) is 12.1 Å². The van der Waals surface area contributed by atoms with E-state index in [2.05, 4.69) is 4.99 Å². The van der Waals surface area contributed by atoms with Crippen molar-refractivity contribution in [3.8, 4) is 0 Å². The van der Waals surface area contributed by atoms with E-state index >= 15 is 0 Å². The molecular weight excluding hydrogens is 270 g/mol. The lowest BCUT2D eigenvalue weighted by Crippen LogP contribution is -2.28. The molecular formula is C12H8ClF4N. The van der Waals surface area contributed by atoms with Crippen LogP contribution in [0.3, 0.4) is 0 Å². The molecule has 0 saturated heterocycles. The van der Waals surface area contributed by atoms with Crippen molar-refractivity contribution in [3.05, 3.63) is 47.3 Å². The van der Waals surface area contributed by atoms with Gasteiger partial charge in [0.1, 0.15) is 10.7 Å². The molecule has 0 radical (unpaired) electrons. The number of alkyl halides is 4. The van der Waals surface area contributed by atoms with E-state index in [0.717, 1.165) is 24.4 Å². The summed E-state index contributed by atoms with van der Waals surface area (Å²) in [7, 11) is 0. The van der Waals surface area contributed by atoms with E-state index in [4.69, 9.17) is 11.6 Å². The summed E-state index contributed by atoms with van der Waals surface area (Å²) in [6.07, 6.45) is -2.83. The molecule has 18 heavy (non-hydrogen) atoms. The largest absolute Gasteiger partial charge is 0.417 e. The quantitative estimate of drug-likeness (QED) is 0.546. The number of allylic oxidation sites excluding steroid dienone is 1. The lowest BCUT2D eigenvalue weighted by atomic mass is 9.94. The predicted molar refractivity (Wildman–Crippen MR) is 61.4 cm³/mol. The Balaban J connectivity index is 2.40. The number of halogens is 5. The highest BCUT2D eigenvalue weighted by Crippen LogP contribution is 2.38. The van der Waals surface area contributed by atoms with Crippen LogP contribution in [0, 0.1) is 5.82 Å². The van der Waals surface area contributed by atoms with Crippen LogP contribution in [0.5, 0.6) is 0 Å². The van der Waals surface area contributed by atoms with Crippen LogP contribution in [-0.2, 0) is 4.87 Å². The molecule has 1 aromatic carbocycles. The minimum atomic E-state index is -4.50. The van der Waals surface area contributed by atoms with Crippen molar-refractivity contribution in [2.24, 2.45) is 4.99 Å². The number of hydrogen-bond donors (Lipinski definition) is 0. The summed E-state index contributed by atoms with van der Waals surface area (Å²) < 4.78 is 50.5.